The van der Waals surface area contributed by atoms with Crippen LogP contribution in [0, 0.1) is 5.41 Å². The fourth-order valence-electron chi connectivity index (χ4n) is 1.53. The Morgan fingerprint density at radius 3 is 2.47 bits per heavy atom. The lowest BCUT2D eigenvalue weighted by atomic mass is 9.97. The van der Waals surface area contributed by atoms with Gasteiger partial charge in [0.15, 0.2) is 0 Å². The van der Waals surface area contributed by atoms with Crippen LogP contribution in [-0.4, -0.2) is 31.3 Å². The van der Waals surface area contributed by atoms with Crippen LogP contribution in [0.15, 0.2) is 23.4 Å². The molecule has 0 atom stereocenters. The molecule has 0 saturated carbocycles. The van der Waals surface area contributed by atoms with Gasteiger partial charge in [-0.1, -0.05) is 20.8 Å². The maximum Gasteiger partial charge on any atom is 0.246 e. The van der Waals surface area contributed by atoms with Crippen LogP contribution in [0.1, 0.15) is 20.8 Å². The summed E-state index contributed by atoms with van der Waals surface area (Å²) in [6.45, 7) is 6.35. The summed E-state index contributed by atoms with van der Waals surface area (Å²) in [6.07, 6.45) is 2.75. The fraction of sp³-hybridized carbons (Fsp3) is 0.545. The molecule has 0 fully saturated rings. The molecule has 1 aromatic rings. The summed E-state index contributed by atoms with van der Waals surface area (Å²) in [4.78, 5) is 3.87. The average molecular weight is 257 g/mol. The highest BCUT2D eigenvalue weighted by Crippen LogP contribution is 2.23. The van der Waals surface area contributed by atoms with Gasteiger partial charge in [0.1, 0.15) is 4.90 Å². The van der Waals surface area contributed by atoms with Gasteiger partial charge in [0, 0.05) is 26.0 Å². The van der Waals surface area contributed by atoms with Crippen molar-refractivity contribution in [2.75, 3.05) is 19.3 Å². The molecule has 0 bridgehead atoms. The normalized spacial score (nSPS) is 13.0. The molecule has 0 radical (unpaired) electrons. The van der Waals surface area contributed by atoms with Crippen molar-refractivity contribution in [3.05, 3.63) is 18.5 Å². The third-order valence-electron chi connectivity index (χ3n) is 2.20. The van der Waals surface area contributed by atoms with Gasteiger partial charge in [0.25, 0.3) is 0 Å². The number of hydrogen-bond donors (Lipinski definition) is 1. The first kappa shape index (κ1) is 13.9. The number of rotatable bonds is 3. The predicted molar refractivity (Wildman–Crippen MR) is 67.9 cm³/mol. The Morgan fingerprint density at radius 1 is 1.41 bits per heavy atom. The van der Waals surface area contributed by atoms with Crippen molar-refractivity contribution in [2.45, 2.75) is 25.7 Å². The number of nitrogen functional groups attached to an aromatic ring is 1. The Hall–Kier alpha value is -1.14. The number of pyridine rings is 1. The van der Waals surface area contributed by atoms with Gasteiger partial charge in [0.2, 0.25) is 10.0 Å². The van der Waals surface area contributed by atoms with E-state index in [0.717, 1.165) is 0 Å². The highest BCUT2D eigenvalue weighted by Gasteiger charge is 2.26. The Kier molecular flexibility index (Phi) is 3.78. The van der Waals surface area contributed by atoms with Crippen LogP contribution >= 0.6 is 0 Å². The lowest BCUT2D eigenvalue weighted by molar-refractivity contribution is 0.311. The zero-order valence-corrected chi connectivity index (χ0v) is 11.5. The monoisotopic (exact) mass is 257 g/mol. The van der Waals surface area contributed by atoms with E-state index in [9.17, 15) is 8.42 Å². The summed E-state index contributed by atoms with van der Waals surface area (Å²) < 4.78 is 25.8. The predicted octanol–water partition coefficient (Wildman–Crippen LogP) is 1.33. The van der Waals surface area contributed by atoms with Crippen molar-refractivity contribution in [1.82, 2.24) is 9.29 Å². The van der Waals surface area contributed by atoms with Gasteiger partial charge >= 0.3 is 0 Å². The summed E-state index contributed by atoms with van der Waals surface area (Å²) in [7, 11) is -2.01. The van der Waals surface area contributed by atoms with Crippen LogP contribution in [0.25, 0.3) is 0 Å². The second-order valence-corrected chi connectivity index (χ2v) is 7.25. The molecular weight excluding hydrogens is 238 g/mol. The minimum atomic E-state index is -3.56. The number of nitrogens with zero attached hydrogens (tertiary/aromatic N) is 2. The standard InChI is InChI=1S/C11H19N3O2S/c1-11(2,3)8-14(4)17(15,16)10-7-13-6-5-9(10)12/h5-7H,8H2,1-4H3,(H2,12,13). The first-order valence-electron chi connectivity index (χ1n) is 5.30. The van der Waals surface area contributed by atoms with E-state index in [1.165, 1.54) is 22.8 Å². The van der Waals surface area contributed by atoms with Crippen LogP contribution in [0.5, 0.6) is 0 Å². The number of sulfonamides is 1. The van der Waals surface area contributed by atoms with Gasteiger partial charge in [-0.15, -0.1) is 0 Å². The van der Waals surface area contributed by atoms with Crippen LogP contribution in [0.4, 0.5) is 5.69 Å². The summed E-state index contributed by atoms with van der Waals surface area (Å²) in [5.41, 5.74) is 5.77. The van der Waals surface area contributed by atoms with Gasteiger partial charge in [-0.25, -0.2) is 12.7 Å². The van der Waals surface area contributed by atoms with E-state index in [1.807, 2.05) is 20.8 Å². The van der Waals surface area contributed by atoms with E-state index in [1.54, 1.807) is 7.05 Å². The number of anilines is 1. The molecule has 1 heterocycles. The molecule has 0 aliphatic rings. The van der Waals surface area contributed by atoms with Crippen LogP contribution in [0.3, 0.4) is 0 Å². The topological polar surface area (TPSA) is 76.3 Å². The van der Waals surface area contributed by atoms with Gasteiger partial charge in [0.05, 0.1) is 5.69 Å². The number of nitrogens with two attached hydrogens (primary N) is 1. The summed E-state index contributed by atoms with van der Waals surface area (Å²) in [6, 6.07) is 1.48. The molecule has 0 saturated heterocycles. The minimum absolute atomic E-state index is 0.0618. The molecule has 2 N–H and O–H groups in total. The molecular formula is C11H19N3O2S. The molecule has 0 spiro atoms. The molecule has 0 aromatic carbocycles. The fourth-order valence-corrected chi connectivity index (χ4v) is 2.98. The summed E-state index contributed by atoms with van der Waals surface area (Å²) in [5, 5.41) is 0. The molecule has 0 aliphatic carbocycles. The third-order valence-corrected chi connectivity index (χ3v) is 4.05. The number of aromatic nitrogens is 1. The molecule has 17 heavy (non-hydrogen) atoms. The van der Waals surface area contributed by atoms with E-state index in [4.69, 9.17) is 5.73 Å². The van der Waals surface area contributed by atoms with Gasteiger partial charge in [-0.2, -0.15) is 0 Å². The van der Waals surface area contributed by atoms with Gasteiger partial charge in [-0.3, -0.25) is 4.98 Å². The van der Waals surface area contributed by atoms with E-state index in [2.05, 4.69) is 4.98 Å². The zero-order valence-electron chi connectivity index (χ0n) is 10.6. The second kappa shape index (κ2) is 4.62. The number of hydrogen-bond acceptors (Lipinski definition) is 4. The Bertz CT molecular complexity index is 492. The SMILES string of the molecule is CN(CC(C)(C)C)S(=O)(=O)c1cnccc1N. The van der Waals surface area contributed by atoms with Crippen molar-refractivity contribution in [2.24, 2.45) is 5.41 Å². The first-order chi connectivity index (χ1) is 7.64. The van der Waals surface area contributed by atoms with Crippen molar-refractivity contribution in [3.63, 3.8) is 0 Å². The van der Waals surface area contributed by atoms with Crippen LogP contribution in [0.2, 0.25) is 0 Å². The molecule has 1 rings (SSSR count). The van der Waals surface area contributed by atoms with E-state index in [-0.39, 0.29) is 16.0 Å². The Labute approximate surface area is 103 Å². The molecule has 5 nitrogen and oxygen atoms in total. The lowest BCUT2D eigenvalue weighted by Gasteiger charge is -2.26. The largest absolute Gasteiger partial charge is 0.398 e. The highest BCUT2D eigenvalue weighted by atomic mass is 32.2. The molecule has 1 aromatic heterocycles. The average Bonchev–Trinajstić information content (AvgIpc) is 2.15. The summed E-state index contributed by atoms with van der Waals surface area (Å²) in [5.74, 6) is 0. The molecule has 6 heteroatoms. The van der Waals surface area contributed by atoms with E-state index < -0.39 is 10.0 Å². The molecule has 0 unspecified atom stereocenters. The summed E-state index contributed by atoms with van der Waals surface area (Å²) >= 11 is 0. The van der Waals surface area contributed by atoms with Gasteiger partial charge in [-0.05, 0) is 11.5 Å². The molecule has 96 valence electrons. The third kappa shape index (κ3) is 3.41. The quantitative estimate of drug-likeness (QED) is 0.886. The Morgan fingerprint density at radius 2 is 2.00 bits per heavy atom. The van der Waals surface area contributed by atoms with E-state index >= 15 is 0 Å². The highest BCUT2D eigenvalue weighted by molar-refractivity contribution is 7.89. The maximum atomic E-state index is 12.2. The van der Waals surface area contributed by atoms with E-state index in [0.29, 0.717) is 6.54 Å². The Balaban J connectivity index is 3.09. The maximum absolute atomic E-state index is 12.2. The van der Waals surface area contributed by atoms with Crippen LogP contribution in [-0.2, 0) is 10.0 Å². The van der Waals surface area contributed by atoms with Gasteiger partial charge < -0.3 is 5.73 Å². The zero-order chi connectivity index (χ0) is 13.3. The second-order valence-electron chi connectivity index (χ2n) is 5.24. The minimum Gasteiger partial charge on any atom is -0.398 e. The lowest BCUT2D eigenvalue weighted by Crippen LogP contribution is -2.34. The smallest absolute Gasteiger partial charge is 0.246 e. The van der Waals surface area contributed by atoms with Crippen molar-refractivity contribution in [1.29, 1.82) is 0 Å². The van der Waals surface area contributed by atoms with Crippen molar-refractivity contribution < 1.29 is 8.42 Å². The van der Waals surface area contributed by atoms with Crippen molar-refractivity contribution >= 4 is 15.7 Å². The molecule has 0 aliphatic heterocycles. The van der Waals surface area contributed by atoms with Crippen LogP contribution < -0.4 is 5.73 Å². The molecule has 0 amide bonds. The first-order valence-corrected chi connectivity index (χ1v) is 6.74. The van der Waals surface area contributed by atoms with Crippen molar-refractivity contribution in [3.8, 4) is 0 Å².